The minimum absolute atomic E-state index is 0.853. The highest BCUT2D eigenvalue weighted by molar-refractivity contribution is 5.33. The second kappa shape index (κ2) is 3.64. The number of rotatable bonds is 0. The molecule has 0 saturated carbocycles. The monoisotopic (exact) mass is 201 g/mol. The Morgan fingerprint density at radius 2 is 2.07 bits per heavy atom. The lowest BCUT2D eigenvalue weighted by Gasteiger charge is -2.41. The highest BCUT2D eigenvalue weighted by Crippen LogP contribution is 2.40. The third-order valence-corrected chi connectivity index (χ3v) is 4.18. The minimum Gasteiger partial charge on any atom is -0.306 e. The van der Waals surface area contributed by atoms with E-state index in [1.54, 1.807) is 11.1 Å². The summed E-state index contributed by atoms with van der Waals surface area (Å²) in [6, 6.07) is 9.08. The van der Waals surface area contributed by atoms with Crippen molar-refractivity contribution < 1.29 is 0 Å². The summed E-state index contributed by atoms with van der Waals surface area (Å²) in [5.41, 5.74) is 3.27. The molecule has 2 aliphatic rings. The van der Waals surface area contributed by atoms with E-state index in [0.717, 1.165) is 11.8 Å². The lowest BCUT2D eigenvalue weighted by Crippen LogP contribution is -2.39. The first-order valence-corrected chi connectivity index (χ1v) is 6.11. The summed E-state index contributed by atoms with van der Waals surface area (Å²) in [5.74, 6) is 1.77. The third kappa shape index (κ3) is 1.59. The highest BCUT2D eigenvalue weighted by Gasteiger charge is 2.32. The second-order valence-electron chi connectivity index (χ2n) is 5.15. The zero-order valence-corrected chi connectivity index (χ0v) is 9.45. The number of benzene rings is 1. The van der Waals surface area contributed by atoms with Crippen LogP contribution in [0.15, 0.2) is 24.3 Å². The number of nitrogens with zero attached hydrogens (tertiary/aromatic N) is 1. The van der Waals surface area contributed by atoms with Gasteiger partial charge in [0.2, 0.25) is 0 Å². The van der Waals surface area contributed by atoms with Gasteiger partial charge < -0.3 is 4.90 Å². The predicted octanol–water partition coefficient (Wildman–Crippen LogP) is 2.67. The fourth-order valence-electron chi connectivity index (χ4n) is 3.38. The van der Waals surface area contributed by atoms with E-state index in [0.29, 0.717) is 0 Å². The van der Waals surface area contributed by atoms with Crippen molar-refractivity contribution in [2.24, 2.45) is 5.92 Å². The predicted molar refractivity (Wildman–Crippen MR) is 63.1 cm³/mol. The Bertz CT molecular complexity index is 358. The van der Waals surface area contributed by atoms with E-state index < -0.39 is 0 Å². The van der Waals surface area contributed by atoms with Gasteiger partial charge >= 0.3 is 0 Å². The Labute approximate surface area is 92.1 Å². The molecule has 1 aliphatic heterocycles. The van der Waals surface area contributed by atoms with Gasteiger partial charge in [-0.2, -0.15) is 0 Å². The number of aryl methyl sites for hydroxylation is 1. The molecule has 3 rings (SSSR count). The molecule has 15 heavy (non-hydrogen) atoms. The number of hydrogen-bond donors (Lipinski definition) is 0. The van der Waals surface area contributed by atoms with E-state index in [1.807, 2.05) is 0 Å². The number of hydrogen-bond acceptors (Lipinski definition) is 1. The molecule has 1 fully saturated rings. The van der Waals surface area contributed by atoms with Gasteiger partial charge in [0.05, 0.1) is 0 Å². The van der Waals surface area contributed by atoms with Crippen molar-refractivity contribution >= 4 is 0 Å². The maximum absolute atomic E-state index is 2.50. The van der Waals surface area contributed by atoms with Crippen LogP contribution in [-0.2, 0) is 6.42 Å². The smallest absolute Gasteiger partial charge is 0.00126 e. The standard InChI is InChI=1S/C14H19N/c1-15-9-8-14-12(10-15)7-6-11-4-2-3-5-13(11)14/h2-5,12,14H,6-10H2,1H3/t12-,14?/m0/s1. The van der Waals surface area contributed by atoms with Crippen LogP contribution in [0.3, 0.4) is 0 Å². The zero-order chi connectivity index (χ0) is 10.3. The summed E-state index contributed by atoms with van der Waals surface area (Å²) >= 11 is 0. The molecule has 80 valence electrons. The molecule has 0 spiro atoms. The summed E-state index contributed by atoms with van der Waals surface area (Å²) in [7, 11) is 2.26. The molecule has 0 N–H and O–H groups in total. The second-order valence-corrected chi connectivity index (χ2v) is 5.15. The van der Waals surface area contributed by atoms with Crippen LogP contribution in [0, 0.1) is 5.92 Å². The summed E-state index contributed by atoms with van der Waals surface area (Å²) in [6.07, 6.45) is 4.05. The molecule has 1 aromatic rings. The molecular weight excluding hydrogens is 182 g/mol. The average Bonchev–Trinajstić information content (AvgIpc) is 2.28. The first-order valence-electron chi connectivity index (χ1n) is 6.11. The van der Waals surface area contributed by atoms with Gasteiger partial charge in [-0.1, -0.05) is 24.3 Å². The fourth-order valence-corrected chi connectivity index (χ4v) is 3.38. The fraction of sp³-hybridized carbons (Fsp3) is 0.571. The Kier molecular flexibility index (Phi) is 2.28. The molecule has 0 aromatic heterocycles. The first kappa shape index (κ1) is 9.41. The lowest BCUT2D eigenvalue weighted by atomic mass is 9.72. The number of piperidine rings is 1. The Hall–Kier alpha value is -0.820. The lowest BCUT2D eigenvalue weighted by molar-refractivity contribution is 0.169. The summed E-state index contributed by atoms with van der Waals surface area (Å²) in [5, 5.41) is 0. The van der Waals surface area contributed by atoms with Gasteiger partial charge in [0.25, 0.3) is 0 Å². The van der Waals surface area contributed by atoms with E-state index in [2.05, 4.69) is 36.2 Å². The largest absolute Gasteiger partial charge is 0.306 e. The normalized spacial score (nSPS) is 30.7. The molecule has 1 heteroatoms. The van der Waals surface area contributed by atoms with Crippen LogP contribution in [0.25, 0.3) is 0 Å². The molecule has 0 radical (unpaired) electrons. The molecule has 1 saturated heterocycles. The van der Waals surface area contributed by atoms with Crippen molar-refractivity contribution in [3.8, 4) is 0 Å². The minimum atomic E-state index is 0.853. The van der Waals surface area contributed by atoms with Gasteiger partial charge in [-0.3, -0.25) is 0 Å². The Balaban J connectivity index is 1.93. The molecular formula is C14H19N. The summed E-state index contributed by atoms with van der Waals surface area (Å²) < 4.78 is 0. The average molecular weight is 201 g/mol. The topological polar surface area (TPSA) is 3.24 Å². The van der Waals surface area contributed by atoms with Crippen LogP contribution in [0.5, 0.6) is 0 Å². The van der Waals surface area contributed by atoms with E-state index in [-0.39, 0.29) is 0 Å². The zero-order valence-electron chi connectivity index (χ0n) is 9.45. The third-order valence-electron chi connectivity index (χ3n) is 4.18. The maximum atomic E-state index is 2.50. The Morgan fingerprint density at radius 3 is 3.00 bits per heavy atom. The molecule has 0 bridgehead atoms. The van der Waals surface area contributed by atoms with E-state index >= 15 is 0 Å². The van der Waals surface area contributed by atoms with Crippen molar-refractivity contribution in [1.82, 2.24) is 4.90 Å². The summed E-state index contributed by atoms with van der Waals surface area (Å²) in [6.45, 7) is 2.58. The molecule has 1 heterocycles. The maximum Gasteiger partial charge on any atom is 0.00126 e. The van der Waals surface area contributed by atoms with Crippen molar-refractivity contribution in [1.29, 1.82) is 0 Å². The van der Waals surface area contributed by atoms with Gasteiger partial charge in [0.15, 0.2) is 0 Å². The highest BCUT2D eigenvalue weighted by atomic mass is 15.1. The van der Waals surface area contributed by atoms with Crippen molar-refractivity contribution in [3.05, 3.63) is 35.4 Å². The van der Waals surface area contributed by atoms with E-state index in [1.165, 1.54) is 32.4 Å². The van der Waals surface area contributed by atoms with Crippen LogP contribution >= 0.6 is 0 Å². The summed E-state index contributed by atoms with van der Waals surface area (Å²) in [4.78, 5) is 2.50. The SMILES string of the molecule is CN1CCC2c3ccccc3CC[C@H]2C1. The van der Waals surface area contributed by atoms with Gasteiger partial charge in [-0.25, -0.2) is 0 Å². The number of fused-ring (bicyclic) bond motifs is 3. The van der Waals surface area contributed by atoms with Crippen molar-refractivity contribution in [2.75, 3.05) is 20.1 Å². The molecule has 1 aromatic carbocycles. The molecule has 1 aliphatic carbocycles. The van der Waals surface area contributed by atoms with Gasteiger partial charge in [-0.05, 0) is 55.8 Å². The molecule has 2 atom stereocenters. The quantitative estimate of drug-likeness (QED) is 0.624. The van der Waals surface area contributed by atoms with Crippen LogP contribution in [0.4, 0.5) is 0 Å². The van der Waals surface area contributed by atoms with Gasteiger partial charge in [-0.15, -0.1) is 0 Å². The van der Waals surface area contributed by atoms with Crippen molar-refractivity contribution in [3.63, 3.8) is 0 Å². The number of likely N-dealkylation sites (tertiary alicyclic amines) is 1. The molecule has 1 unspecified atom stereocenters. The van der Waals surface area contributed by atoms with E-state index in [4.69, 9.17) is 0 Å². The van der Waals surface area contributed by atoms with Crippen molar-refractivity contribution in [2.45, 2.75) is 25.2 Å². The van der Waals surface area contributed by atoms with Gasteiger partial charge in [0.1, 0.15) is 0 Å². The molecule has 1 nitrogen and oxygen atoms in total. The van der Waals surface area contributed by atoms with Crippen LogP contribution in [0.2, 0.25) is 0 Å². The Morgan fingerprint density at radius 1 is 1.20 bits per heavy atom. The first-order chi connectivity index (χ1) is 7.34. The van der Waals surface area contributed by atoms with E-state index in [9.17, 15) is 0 Å². The van der Waals surface area contributed by atoms with Crippen LogP contribution < -0.4 is 0 Å². The van der Waals surface area contributed by atoms with Gasteiger partial charge in [0, 0.05) is 6.54 Å². The van der Waals surface area contributed by atoms with Crippen LogP contribution in [0.1, 0.15) is 29.9 Å². The van der Waals surface area contributed by atoms with Crippen LogP contribution in [-0.4, -0.2) is 25.0 Å². The molecule has 0 amide bonds.